The van der Waals surface area contributed by atoms with Crippen molar-refractivity contribution in [2.24, 2.45) is 7.05 Å². The molecule has 2 aromatic heterocycles. The molecule has 8 heteroatoms. The van der Waals surface area contributed by atoms with Crippen molar-refractivity contribution < 1.29 is 10.2 Å². The molecule has 154 valence electrons. The molecule has 2 heterocycles. The molecular formula is C22H19Cl2N3O3. The maximum absolute atomic E-state index is 13.1. The number of rotatable bonds is 5. The van der Waals surface area contributed by atoms with Gasteiger partial charge in [0.15, 0.2) is 0 Å². The molecule has 0 aliphatic heterocycles. The van der Waals surface area contributed by atoms with Crippen molar-refractivity contribution in [1.82, 2.24) is 14.2 Å². The zero-order valence-electron chi connectivity index (χ0n) is 16.1. The molecule has 0 radical (unpaired) electrons. The first-order valence-corrected chi connectivity index (χ1v) is 10.1. The first-order valence-electron chi connectivity index (χ1n) is 9.31. The Morgan fingerprint density at radius 1 is 1.10 bits per heavy atom. The van der Waals surface area contributed by atoms with E-state index in [9.17, 15) is 9.90 Å². The van der Waals surface area contributed by atoms with Gasteiger partial charge in [0.05, 0.1) is 23.3 Å². The average Bonchev–Trinajstić information content (AvgIpc) is 3.13. The number of aliphatic hydroxyl groups excluding tert-OH is 2. The van der Waals surface area contributed by atoms with Crippen molar-refractivity contribution >= 4 is 28.8 Å². The van der Waals surface area contributed by atoms with Gasteiger partial charge in [0.2, 0.25) is 0 Å². The molecule has 4 rings (SSSR count). The molecule has 1 atom stereocenters. The second kappa shape index (κ2) is 8.24. The molecule has 0 saturated heterocycles. The van der Waals surface area contributed by atoms with Gasteiger partial charge in [-0.15, -0.1) is 0 Å². The molecule has 0 spiro atoms. The van der Waals surface area contributed by atoms with Crippen LogP contribution in [0.1, 0.15) is 5.56 Å². The Labute approximate surface area is 182 Å². The van der Waals surface area contributed by atoms with E-state index in [1.54, 1.807) is 36.0 Å². The molecule has 0 amide bonds. The molecule has 2 aromatic carbocycles. The van der Waals surface area contributed by atoms with Crippen LogP contribution >= 0.6 is 23.2 Å². The summed E-state index contributed by atoms with van der Waals surface area (Å²) < 4.78 is 3.11. The van der Waals surface area contributed by atoms with E-state index in [0.717, 1.165) is 11.1 Å². The Bertz CT molecular complexity index is 1280. The number of aliphatic hydroxyl groups is 2. The SMILES string of the molecule is Cn1cc(CC(O)CO)c(=O)n2nc(-c3ccccc3Cl)c(-c3ccc(Cl)cc3)c12. The van der Waals surface area contributed by atoms with Crippen LogP contribution in [0.3, 0.4) is 0 Å². The topological polar surface area (TPSA) is 79.8 Å². The van der Waals surface area contributed by atoms with Crippen LogP contribution in [0.4, 0.5) is 0 Å². The Balaban J connectivity index is 2.07. The largest absolute Gasteiger partial charge is 0.394 e. The lowest BCUT2D eigenvalue weighted by Gasteiger charge is -2.11. The first-order chi connectivity index (χ1) is 14.4. The molecular weight excluding hydrogens is 425 g/mol. The predicted octanol–water partition coefficient (Wildman–Crippen LogP) is 3.57. The molecule has 4 aromatic rings. The van der Waals surface area contributed by atoms with E-state index in [-0.39, 0.29) is 12.0 Å². The summed E-state index contributed by atoms with van der Waals surface area (Å²) >= 11 is 12.5. The van der Waals surface area contributed by atoms with Gasteiger partial charge in [-0.3, -0.25) is 4.79 Å². The van der Waals surface area contributed by atoms with Crippen molar-refractivity contribution in [3.63, 3.8) is 0 Å². The zero-order chi connectivity index (χ0) is 21.4. The number of fused-ring (bicyclic) bond motifs is 1. The van der Waals surface area contributed by atoms with Crippen LogP contribution in [0.2, 0.25) is 10.0 Å². The highest BCUT2D eigenvalue weighted by Gasteiger charge is 2.23. The highest BCUT2D eigenvalue weighted by molar-refractivity contribution is 6.33. The summed E-state index contributed by atoms with van der Waals surface area (Å²) in [5, 5.41) is 24.7. The maximum atomic E-state index is 13.1. The van der Waals surface area contributed by atoms with E-state index < -0.39 is 12.7 Å². The molecule has 0 aliphatic carbocycles. The Hall–Kier alpha value is -2.64. The van der Waals surface area contributed by atoms with Gasteiger partial charge in [0.1, 0.15) is 11.3 Å². The average molecular weight is 444 g/mol. The van der Waals surface area contributed by atoms with Gasteiger partial charge >= 0.3 is 0 Å². The van der Waals surface area contributed by atoms with Gasteiger partial charge in [0, 0.05) is 35.8 Å². The van der Waals surface area contributed by atoms with Crippen LogP contribution in [0, 0.1) is 0 Å². The summed E-state index contributed by atoms with van der Waals surface area (Å²) in [6, 6.07) is 14.6. The van der Waals surface area contributed by atoms with Crippen LogP contribution in [0.15, 0.2) is 59.5 Å². The van der Waals surface area contributed by atoms with E-state index in [2.05, 4.69) is 5.10 Å². The van der Waals surface area contributed by atoms with Crippen LogP contribution < -0.4 is 5.56 Å². The first kappa shape index (κ1) is 20.6. The van der Waals surface area contributed by atoms with Crippen LogP contribution in [0.5, 0.6) is 0 Å². The lowest BCUT2D eigenvalue weighted by Crippen LogP contribution is -2.26. The Morgan fingerprint density at radius 2 is 1.80 bits per heavy atom. The van der Waals surface area contributed by atoms with Crippen molar-refractivity contribution in [3.8, 4) is 22.4 Å². The summed E-state index contributed by atoms with van der Waals surface area (Å²) in [4.78, 5) is 13.1. The third-order valence-corrected chi connectivity index (χ3v) is 5.52. The van der Waals surface area contributed by atoms with E-state index in [1.165, 1.54) is 4.52 Å². The van der Waals surface area contributed by atoms with Crippen LogP contribution in [-0.2, 0) is 13.5 Å². The molecule has 6 nitrogen and oxygen atoms in total. The van der Waals surface area contributed by atoms with Gasteiger partial charge in [-0.2, -0.15) is 9.61 Å². The molecule has 0 aliphatic rings. The standard InChI is InChI=1S/C22H19Cl2N3O3/c1-26-11-14(10-16(29)12-28)22(30)27-21(26)19(13-6-8-15(23)9-7-13)20(25-27)17-4-2-3-5-18(17)24/h2-9,11,16,28-29H,10,12H2,1H3. The Morgan fingerprint density at radius 3 is 2.47 bits per heavy atom. The number of aromatic nitrogens is 3. The fraction of sp³-hybridized carbons (Fsp3) is 0.182. The molecule has 30 heavy (non-hydrogen) atoms. The molecule has 0 saturated carbocycles. The second-order valence-electron chi connectivity index (χ2n) is 7.06. The number of hydrogen-bond acceptors (Lipinski definition) is 4. The fourth-order valence-electron chi connectivity index (χ4n) is 3.55. The van der Waals surface area contributed by atoms with E-state index in [0.29, 0.717) is 32.5 Å². The third kappa shape index (κ3) is 3.63. The smallest absolute Gasteiger partial charge is 0.277 e. The lowest BCUT2D eigenvalue weighted by molar-refractivity contribution is 0.0951. The summed E-state index contributed by atoms with van der Waals surface area (Å²) in [6.07, 6.45) is 0.662. The van der Waals surface area contributed by atoms with Gasteiger partial charge in [-0.1, -0.05) is 53.5 Å². The third-order valence-electron chi connectivity index (χ3n) is 4.94. The summed E-state index contributed by atoms with van der Waals surface area (Å²) in [5.41, 5.74) is 3.42. The normalized spacial score (nSPS) is 12.4. The van der Waals surface area contributed by atoms with Gasteiger partial charge in [0.25, 0.3) is 5.56 Å². The van der Waals surface area contributed by atoms with Gasteiger partial charge < -0.3 is 14.8 Å². The van der Waals surface area contributed by atoms with Gasteiger partial charge in [-0.25, -0.2) is 0 Å². The van der Waals surface area contributed by atoms with Crippen molar-refractivity contribution in [1.29, 1.82) is 0 Å². The number of halogens is 2. The fourth-order valence-corrected chi connectivity index (χ4v) is 3.90. The number of aryl methyl sites for hydroxylation is 1. The monoisotopic (exact) mass is 443 g/mol. The minimum atomic E-state index is -1.02. The quantitative estimate of drug-likeness (QED) is 0.493. The maximum Gasteiger partial charge on any atom is 0.277 e. The summed E-state index contributed by atoms with van der Waals surface area (Å²) in [6.45, 7) is -0.429. The highest BCUT2D eigenvalue weighted by atomic mass is 35.5. The van der Waals surface area contributed by atoms with E-state index in [4.69, 9.17) is 28.3 Å². The van der Waals surface area contributed by atoms with Crippen molar-refractivity contribution in [3.05, 3.63) is 80.7 Å². The zero-order valence-corrected chi connectivity index (χ0v) is 17.6. The summed E-state index contributed by atoms with van der Waals surface area (Å²) in [7, 11) is 1.81. The molecule has 2 N–H and O–H groups in total. The van der Waals surface area contributed by atoms with Crippen molar-refractivity contribution in [2.45, 2.75) is 12.5 Å². The van der Waals surface area contributed by atoms with Crippen LogP contribution in [-0.4, -0.2) is 37.1 Å². The van der Waals surface area contributed by atoms with Crippen LogP contribution in [0.25, 0.3) is 28.0 Å². The Kier molecular flexibility index (Phi) is 5.66. The van der Waals surface area contributed by atoms with E-state index in [1.807, 2.05) is 30.3 Å². The minimum Gasteiger partial charge on any atom is -0.394 e. The number of nitrogens with zero attached hydrogens (tertiary/aromatic N) is 3. The van der Waals surface area contributed by atoms with Gasteiger partial charge in [-0.05, 0) is 23.8 Å². The van der Waals surface area contributed by atoms with E-state index >= 15 is 0 Å². The second-order valence-corrected chi connectivity index (χ2v) is 7.90. The van der Waals surface area contributed by atoms with Crippen molar-refractivity contribution in [2.75, 3.05) is 6.61 Å². The number of hydrogen-bond donors (Lipinski definition) is 2. The number of benzene rings is 2. The summed E-state index contributed by atoms with van der Waals surface area (Å²) in [5.74, 6) is 0. The molecule has 0 fully saturated rings. The molecule has 0 bridgehead atoms. The highest BCUT2D eigenvalue weighted by Crippen LogP contribution is 2.37. The lowest BCUT2D eigenvalue weighted by atomic mass is 10.0. The molecule has 1 unspecified atom stereocenters. The minimum absolute atomic E-state index is 0.0245. The predicted molar refractivity (Wildman–Crippen MR) is 118 cm³/mol.